The molecule has 3 amide bonds. The molecule has 0 saturated heterocycles. The lowest BCUT2D eigenvalue weighted by atomic mass is 10.2. The molecule has 0 aliphatic carbocycles. The number of hydrogen-bond acceptors (Lipinski definition) is 6. The molecule has 1 aliphatic heterocycles. The van der Waals surface area contributed by atoms with E-state index in [-0.39, 0.29) is 18.4 Å². The first-order chi connectivity index (χ1) is 15.5. The average molecular weight is 456 g/mol. The molecule has 0 fully saturated rings. The Morgan fingerprint density at radius 3 is 2.88 bits per heavy atom. The number of halogens is 1. The Morgan fingerprint density at radius 1 is 1.34 bits per heavy atom. The molecule has 0 unspecified atom stereocenters. The quantitative estimate of drug-likeness (QED) is 0.377. The number of carbonyl (C=O) groups is 2. The molecule has 1 aliphatic rings. The van der Waals surface area contributed by atoms with E-state index in [1.807, 2.05) is 25.3 Å². The molecule has 2 N–H and O–H groups in total. The Hall–Kier alpha value is -3.66. The fourth-order valence-electron chi connectivity index (χ4n) is 3.25. The van der Waals surface area contributed by atoms with Crippen LogP contribution in [-0.2, 0) is 11.3 Å². The molecular weight excluding hydrogens is 433 g/mol. The van der Waals surface area contributed by atoms with Gasteiger partial charge in [-0.1, -0.05) is 0 Å². The van der Waals surface area contributed by atoms with Crippen molar-refractivity contribution in [3.05, 3.63) is 58.9 Å². The summed E-state index contributed by atoms with van der Waals surface area (Å²) in [5.41, 5.74) is 2.27. The summed E-state index contributed by atoms with van der Waals surface area (Å²) in [5, 5.41) is 8.53. The molecule has 166 valence electrons. The van der Waals surface area contributed by atoms with Crippen molar-refractivity contribution in [2.24, 2.45) is 0 Å². The van der Waals surface area contributed by atoms with Gasteiger partial charge in [0.1, 0.15) is 11.6 Å². The van der Waals surface area contributed by atoms with Crippen LogP contribution in [0, 0.1) is 12.7 Å². The van der Waals surface area contributed by atoms with E-state index in [0.29, 0.717) is 35.9 Å². The van der Waals surface area contributed by atoms with Gasteiger partial charge < -0.3 is 15.0 Å². The normalized spacial score (nSPS) is 12.7. The third-order valence-electron chi connectivity index (χ3n) is 4.99. The molecule has 0 bridgehead atoms. The number of nitrogens with zero attached hydrogens (tertiary/aromatic N) is 3. The van der Waals surface area contributed by atoms with Crippen molar-refractivity contribution in [3.63, 3.8) is 0 Å². The number of amides is 3. The molecule has 0 atom stereocenters. The van der Waals surface area contributed by atoms with E-state index in [1.54, 1.807) is 17.0 Å². The van der Waals surface area contributed by atoms with Crippen LogP contribution < -0.4 is 20.3 Å². The van der Waals surface area contributed by atoms with Gasteiger partial charge in [0.05, 0.1) is 23.8 Å². The van der Waals surface area contributed by atoms with E-state index in [4.69, 9.17) is 4.74 Å². The Kier molecular flexibility index (Phi) is 6.22. The van der Waals surface area contributed by atoms with Gasteiger partial charge in [-0.05, 0) is 49.1 Å². The smallest absolute Gasteiger partial charge is 0.323 e. The number of nitrogens with one attached hydrogen (secondary N) is 2. The number of rotatable bonds is 8. The molecule has 8 nitrogen and oxygen atoms in total. The van der Waals surface area contributed by atoms with E-state index < -0.39 is 5.82 Å². The maximum atomic E-state index is 14.8. The van der Waals surface area contributed by atoms with Gasteiger partial charge in [-0.25, -0.2) is 14.2 Å². The molecule has 3 aromatic rings. The van der Waals surface area contributed by atoms with Gasteiger partial charge >= 0.3 is 6.03 Å². The number of aryl methyl sites for hydroxylation is 1. The number of thiophene rings is 1. The molecule has 3 heterocycles. The van der Waals surface area contributed by atoms with Crippen LogP contribution in [0.5, 0.6) is 11.5 Å². The topological polar surface area (TPSA) is 86.8 Å². The second kappa shape index (κ2) is 9.23. The summed E-state index contributed by atoms with van der Waals surface area (Å²) in [5.74, 6) is 0.323. The van der Waals surface area contributed by atoms with E-state index in [0.717, 1.165) is 17.0 Å². The highest BCUT2D eigenvalue weighted by atomic mass is 32.1. The summed E-state index contributed by atoms with van der Waals surface area (Å²) in [6, 6.07) is 7.83. The highest BCUT2D eigenvalue weighted by Crippen LogP contribution is 2.34. The Balaban J connectivity index is 1.47. The van der Waals surface area contributed by atoms with Crippen LogP contribution >= 0.6 is 11.3 Å². The van der Waals surface area contributed by atoms with Gasteiger partial charge in [-0.15, -0.1) is 11.3 Å². The monoisotopic (exact) mass is 455 g/mol. The first kappa shape index (κ1) is 21.6. The molecule has 0 radical (unpaired) electrons. The van der Waals surface area contributed by atoms with Crippen LogP contribution in [0.3, 0.4) is 0 Å². The SMILES string of the molecule is CCN1Cc2c(Oc3ccc(NCN(C=O)c4cc(C)cs4)cc3F)ccnc2NC1=O. The lowest BCUT2D eigenvalue weighted by Crippen LogP contribution is -2.38. The van der Waals surface area contributed by atoms with Crippen LogP contribution in [0.25, 0.3) is 0 Å². The summed E-state index contributed by atoms with van der Waals surface area (Å²) in [6.45, 7) is 4.88. The van der Waals surface area contributed by atoms with Crippen LogP contribution in [0.1, 0.15) is 18.1 Å². The number of aromatic nitrogens is 1. The van der Waals surface area contributed by atoms with E-state index in [9.17, 15) is 14.0 Å². The Labute approximate surface area is 188 Å². The molecule has 10 heteroatoms. The molecule has 0 spiro atoms. The standard InChI is InChI=1S/C22H22FN5O3S/c1-3-27-10-16-18(6-7-24-21(16)26-22(27)30)31-19-5-4-15(9-17(19)23)25-12-28(13-29)20-8-14(2)11-32-20/h4-9,11,13,25H,3,10,12H2,1-2H3,(H,24,26,30). The third-order valence-corrected chi connectivity index (χ3v) is 6.07. The third kappa shape index (κ3) is 4.50. The van der Waals surface area contributed by atoms with Crippen LogP contribution in [0.2, 0.25) is 0 Å². The minimum Gasteiger partial charge on any atom is -0.454 e. The predicted molar refractivity (Wildman–Crippen MR) is 122 cm³/mol. The van der Waals surface area contributed by atoms with Gasteiger partial charge in [-0.3, -0.25) is 15.0 Å². The molecule has 4 rings (SSSR count). The number of ether oxygens (including phenoxy) is 1. The van der Waals surface area contributed by atoms with Gasteiger partial charge in [0, 0.05) is 24.5 Å². The lowest BCUT2D eigenvalue weighted by molar-refractivity contribution is -0.107. The van der Waals surface area contributed by atoms with Crippen molar-refractivity contribution in [1.82, 2.24) is 9.88 Å². The number of carbonyl (C=O) groups excluding carboxylic acids is 2. The largest absolute Gasteiger partial charge is 0.454 e. The summed E-state index contributed by atoms with van der Waals surface area (Å²) in [6.07, 6.45) is 2.24. The zero-order chi connectivity index (χ0) is 22.7. The van der Waals surface area contributed by atoms with Gasteiger partial charge in [0.15, 0.2) is 11.6 Å². The molecule has 1 aromatic carbocycles. The van der Waals surface area contributed by atoms with E-state index >= 15 is 0 Å². The van der Waals surface area contributed by atoms with Crippen LogP contribution in [0.4, 0.5) is 25.7 Å². The number of pyridine rings is 1. The fraction of sp³-hybridized carbons (Fsp3) is 0.227. The number of hydrogen-bond donors (Lipinski definition) is 2. The van der Waals surface area contributed by atoms with Crippen LogP contribution in [-0.4, -0.2) is 35.5 Å². The Morgan fingerprint density at radius 2 is 2.19 bits per heavy atom. The predicted octanol–water partition coefficient (Wildman–Crippen LogP) is 4.78. The van der Waals surface area contributed by atoms with E-state index in [1.165, 1.54) is 34.6 Å². The second-order valence-electron chi connectivity index (χ2n) is 7.20. The van der Waals surface area contributed by atoms with Crippen molar-refractivity contribution in [1.29, 1.82) is 0 Å². The first-order valence-electron chi connectivity index (χ1n) is 10.0. The van der Waals surface area contributed by atoms with Gasteiger partial charge in [0.2, 0.25) is 6.41 Å². The van der Waals surface area contributed by atoms with Crippen molar-refractivity contribution < 1.29 is 18.7 Å². The molecule has 0 saturated carbocycles. The lowest BCUT2D eigenvalue weighted by Gasteiger charge is -2.28. The van der Waals surface area contributed by atoms with Crippen molar-refractivity contribution in [2.75, 3.05) is 28.7 Å². The maximum Gasteiger partial charge on any atom is 0.323 e. The number of fused-ring (bicyclic) bond motifs is 1. The second-order valence-corrected chi connectivity index (χ2v) is 8.09. The highest BCUT2D eigenvalue weighted by molar-refractivity contribution is 7.14. The number of anilines is 3. The number of benzene rings is 1. The zero-order valence-electron chi connectivity index (χ0n) is 17.6. The maximum absolute atomic E-state index is 14.8. The van der Waals surface area contributed by atoms with Crippen LogP contribution in [0.15, 0.2) is 41.9 Å². The molecular formula is C22H22FN5O3S. The van der Waals surface area contributed by atoms with E-state index in [2.05, 4.69) is 15.6 Å². The minimum absolute atomic E-state index is 0.0463. The summed E-state index contributed by atoms with van der Waals surface area (Å²) in [7, 11) is 0. The summed E-state index contributed by atoms with van der Waals surface area (Å²) >= 11 is 1.46. The van der Waals surface area contributed by atoms with Gasteiger partial charge in [-0.2, -0.15) is 0 Å². The zero-order valence-corrected chi connectivity index (χ0v) is 18.4. The van der Waals surface area contributed by atoms with Crippen molar-refractivity contribution >= 4 is 40.3 Å². The summed E-state index contributed by atoms with van der Waals surface area (Å²) in [4.78, 5) is 30.7. The average Bonchev–Trinajstić information content (AvgIpc) is 3.21. The summed E-state index contributed by atoms with van der Waals surface area (Å²) < 4.78 is 20.6. The fourth-order valence-corrected chi connectivity index (χ4v) is 4.12. The Bertz CT molecular complexity index is 1150. The minimum atomic E-state index is -0.558. The first-order valence-corrected chi connectivity index (χ1v) is 10.9. The highest BCUT2D eigenvalue weighted by Gasteiger charge is 2.25. The van der Waals surface area contributed by atoms with Crippen molar-refractivity contribution in [3.8, 4) is 11.5 Å². The van der Waals surface area contributed by atoms with Crippen molar-refractivity contribution in [2.45, 2.75) is 20.4 Å². The van der Waals surface area contributed by atoms with Gasteiger partial charge in [0.25, 0.3) is 0 Å². The molecule has 2 aromatic heterocycles. The number of urea groups is 1. The molecule has 32 heavy (non-hydrogen) atoms.